The van der Waals surface area contributed by atoms with Gasteiger partial charge in [0.05, 0.1) is 0 Å². The molecular weight excluding hydrogens is 553 g/mol. The van der Waals surface area contributed by atoms with E-state index >= 15 is 0 Å². The topological polar surface area (TPSA) is 0 Å². The van der Waals surface area contributed by atoms with E-state index in [9.17, 15) is 0 Å². The van der Waals surface area contributed by atoms with Gasteiger partial charge < -0.3 is 0 Å². The minimum atomic E-state index is 0.870. The van der Waals surface area contributed by atoms with Crippen molar-refractivity contribution < 1.29 is 0 Å². The van der Waals surface area contributed by atoms with Gasteiger partial charge in [0, 0.05) is 0 Å². The number of fused-ring (bicyclic) bond motifs is 4. The van der Waals surface area contributed by atoms with Gasteiger partial charge in [-0.1, -0.05) is 170 Å². The molecule has 0 N–H and O–H groups in total. The summed E-state index contributed by atoms with van der Waals surface area (Å²) in [6.45, 7) is 0. The molecule has 0 radical (unpaired) electrons. The fourth-order valence-electron chi connectivity index (χ4n) is 7.96. The van der Waals surface area contributed by atoms with Gasteiger partial charge in [-0.25, -0.2) is 0 Å². The van der Waals surface area contributed by atoms with Gasteiger partial charge in [-0.3, -0.25) is 0 Å². The molecule has 0 heterocycles. The molecule has 0 bridgehead atoms. The predicted molar refractivity (Wildman–Crippen MR) is 195 cm³/mol. The van der Waals surface area contributed by atoms with Crippen molar-refractivity contribution in [3.05, 3.63) is 192 Å². The Morgan fingerprint density at radius 2 is 0.413 bits per heavy atom. The van der Waals surface area contributed by atoms with E-state index in [-0.39, 0.29) is 0 Å². The Hall–Kier alpha value is -5.72. The highest BCUT2D eigenvalue weighted by atomic mass is 14.3. The highest BCUT2D eigenvalue weighted by Gasteiger charge is 2.31. The summed E-state index contributed by atoms with van der Waals surface area (Å²) in [4.78, 5) is 0. The molecule has 9 rings (SSSR count). The summed E-state index contributed by atoms with van der Waals surface area (Å²) in [5.41, 5.74) is 16.4. The van der Waals surface area contributed by atoms with Crippen molar-refractivity contribution in [3.63, 3.8) is 0 Å². The van der Waals surface area contributed by atoms with E-state index in [0.717, 1.165) is 12.8 Å². The second kappa shape index (κ2) is 11.0. The minimum absolute atomic E-state index is 0.870. The molecule has 0 aromatic heterocycles. The van der Waals surface area contributed by atoms with Gasteiger partial charge in [0.15, 0.2) is 0 Å². The summed E-state index contributed by atoms with van der Waals surface area (Å²) in [6.07, 6.45) is 1.74. The first-order chi connectivity index (χ1) is 22.9. The van der Waals surface area contributed by atoms with Crippen molar-refractivity contribution in [3.8, 4) is 44.5 Å². The molecule has 1 aliphatic carbocycles. The van der Waals surface area contributed by atoms with E-state index in [1.165, 1.54) is 88.3 Å². The third-order valence-electron chi connectivity index (χ3n) is 9.82. The van der Waals surface area contributed by atoms with E-state index in [0.29, 0.717) is 0 Å². The monoisotopic (exact) mass is 584 g/mol. The Labute approximate surface area is 270 Å². The highest BCUT2D eigenvalue weighted by Crippen LogP contribution is 2.51. The van der Waals surface area contributed by atoms with Crippen LogP contribution in [-0.4, -0.2) is 0 Å². The molecule has 1 aliphatic rings. The van der Waals surface area contributed by atoms with Crippen molar-refractivity contribution in [1.82, 2.24) is 0 Å². The molecular formula is C46H32. The summed E-state index contributed by atoms with van der Waals surface area (Å²) in [6, 6.07) is 62.3. The Bertz CT molecular complexity index is 2030. The van der Waals surface area contributed by atoms with Crippen LogP contribution in [0.3, 0.4) is 0 Å². The molecule has 0 saturated heterocycles. The van der Waals surface area contributed by atoms with Crippen LogP contribution in [0.2, 0.25) is 0 Å². The van der Waals surface area contributed by atoms with Gasteiger partial charge >= 0.3 is 0 Å². The predicted octanol–water partition coefficient (Wildman–Crippen LogP) is 12.2. The van der Waals surface area contributed by atoms with Gasteiger partial charge in [0.2, 0.25) is 0 Å². The van der Waals surface area contributed by atoms with E-state index < -0.39 is 0 Å². The second-order valence-corrected chi connectivity index (χ2v) is 12.3. The van der Waals surface area contributed by atoms with E-state index in [2.05, 4.69) is 170 Å². The van der Waals surface area contributed by atoms with Crippen LogP contribution in [0.1, 0.15) is 22.3 Å². The van der Waals surface area contributed by atoms with Crippen LogP contribution in [0.15, 0.2) is 170 Å². The molecule has 0 saturated carbocycles. The van der Waals surface area contributed by atoms with E-state index in [1.54, 1.807) is 0 Å². The minimum Gasteiger partial charge on any atom is -0.0622 e. The number of rotatable bonds is 4. The quantitative estimate of drug-likeness (QED) is 0.193. The molecule has 8 aromatic rings. The van der Waals surface area contributed by atoms with Crippen LogP contribution < -0.4 is 0 Å². The normalized spacial score (nSPS) is 12.2. The smallest absolute Gasteiger partial charge is 0.000685 e. The molecule has 0 aliphatic heterocycles. The lowest BCUT2D eigenvalue weighted by Crippen LogP contribution is -2.14. The molecule has 216 valence electrons. The van der Waals surface area contributed by atoms with Crippen molar-refractivity contribution in [2.45, 2.75) is 12.8 Å². The Kier molecular flexibility index (Phi) is 6.39. The largest absolute Gasteiger partial charge is 0.0622 e. The van der Waals surface area contributed by atoms with Crippen LogP contribution in [0.4, 0.5) is 0 Å². The Morgan fingerprint density at radius 3 is 0.630 bits per heavy atom. The zero-order valence-corrected chi connectivity index (χ0v) is 25.6. The van der Waals surface area contributed by atoms with Gasteiger partial charge in [-0.15, -0.1) is 0 Å². The van der Waals surface area contributed by atoms with Crippen LogP contribution >= 0.6 is 0 Å². The molecule has 8 aromatic carbocycles. The molecule has 0 unspecified atom stereocenters. The molecule has 0 atom stereocenters. The van der Waals surface area contributed by atoms with Crippen molar-refractivity contribution in [2.75, 3.05) is 0 Å². The molecule has 0 spiro atoms. The zero-order valence-electron chi connectivity index (χ0n) is 25.6. The highest BCUT2D eigenvalue weighted by molar-refractivity contribution is 6.11. The molecule has 0 heteroatoms. The van der Waals surface area contributed by atoms with Gasteiger partial charge in [0.25, 0.3) is 0 Å². The first kappa shape index (κ1) is 26.7. The standard InChI is InChI=1S/C46H32/c1-5-17-31(18-6-1)43-35-25-13-14-26-36(35)44(32-19-7-2-8-20-32)40-30-42-41(29-39(40)43)45(33-21-9-3-10-22-33)37-27-15-16-28-38(37)46(42)34-23-11-4-12-24-34/h1-28H,29-30H2. The van der Waals surface area contributed by atoms with Gasteiger partial charge in [-0.2, -0.15) is 0 Å². The van der Waals surface area contributed by atoms with Crippen LogP contribution in [0, 0.1) is 0 Å². The molecule has 0 nitrogen and oxygen atoms in total. The first-order valence-corrected chi connectivity index (χ1v) is 16.2. The number of hydrogen-bond donors (Lipinski definition) is 0. The maximum Gasteiger partial charge on any atom is -0.000685 e. The SMILES string of the molecule is c1ccc(-c2c3c(c(-c4ccccc4)c4ccccc24)Cc2c(c(-c4ccccc4)c4ccccc4c2-c2ccccc2)C3)cc1. The third-order valence-corrected chi connectivity index (χ3v) is 9.82. The van der Waals surface area contributed by atoms with E-state index in [4.69, 9.17) is 0 Å². The summed E-state index contributed by atoms with van der Waals surface area (Å²) in [5, 5.41) is 5.28. The van der Waals surface area contributed by atoms with Gasteiger partial charge in [-0.05, 0) is 101 Å². The number of hydrogen-bond acceptors (Lipinski definition) is 0. The zero-order chi connectivity index (χ0) is 30.5. The molecule has 0 amide bonds. The summed E-state index contributed by atoms with van der Waals surface area (Å²) >= 11 is 0. The first-order valence-electron chi connectivity index (χ1n) is 16.2. The lowest BCUT2D eigenvalue weighted by molar-refractivity contribution is 1.02. The van der Waals surface area contributed by atoms with Crippen molar-refractivity contribution in [1.29, 1.82) is 0 Å². The summed E-state index contributed by atoms with van der Waals surface area (Å²) in [7, 11) is 0. The van der Waals surface area contributed by atoms with E-state index in [1.807, 2.05) is 0 Å². The lowest BCUT2D eigenvalue weighted by Gasteiger charge is -2.32. The summed E-state index contributed by atoms with van der Waals surface area (Å²) < 4.78 is 0. The van der Waals surface area contributed by atoms with Gasteiger partial charge in [0.1, 0.15) is 0 Å². The Balaban J connectivity index is 1.46. The van der Waals surface area contributed by atoms with Crippen molar-refractivity contribution in [2.24, 2.45) is 0 Å². The fraction of sp³-hybridized carbons (Fsp3) is 0.0435. The van der Waals surface area contributed by atoms with Crippen LogP contribution in [-0.2, 0) is 12.8 Å². The maximum atomic E-state index is 2.33. The molecule has 0 fully saturated rings. The average molecular weight is 585 g/mol. The number of benzene rings is 8. The third kappa shape index (κ3) is 4.22. The maximum absolute atomic E-state index is 2.33. The lowest BCUT2D eigenvalue weighted by atomic mass is 9.71. The van der Waals surface area contributed by atoms with Crippen molar-refractivity contribution >= 4 is 21.5 Å². The Morgan fingerprint density at radius 1 is 0.217 bits per heavy atom. The van der Waals surface area contributed by atoms with Crippen LogP contribution in [0.25, 0.3) is 66.1 Å². The summed E-state index contributed by atoms with van der Waals surface area (Å²) in [5.74, 6) is 0. The van der Waals surface area contributed by atoms with Crippen LogP contribution in [0.5, 0.6) is 0 Å². The second-order valence-electron chi connectivity index (χ2n) is 12.3. The average Bonchev–Trinajstić information content (AvgIpc) is 3.13. The molecule has 46 heavy (non-hydrogen) atoms. The fourth-order valence-corrected chi connectivity index (χ4v) is 7.96.